The first-order chi connectivity index (χ1) is 14.3. The molecule has 0 fully saturated rings. The summed E-state index contributed by atoms with van der Waals surface area (Å²) in [5.74, 6) is 0. The number of nitrogens with zero attached hydrogens (tertiary/aromatic N) is 3. The van der Waals surface area contributed by atoms with Crippen LogP contribution in [0.2, 0.25) is 0 Å². The molecular formula is C18H16F6N4O2S. The maximum Gasteiger partial charge on any atom is 0.431 e. The van der Waals surface area contributed by atoms with Crippen LogP contribution in [0.3, 0.4) is 0 Å². The summed E-state index contributed by atoms with van der Waals surface area (Å²) in [5, 5.41) is 20.4. The smallest absolute Gasteiger partial charge is 0.369 e. The van der Waals surface area contributed by atoms with E-state index >= 15 is 0 Å². The van der Waals surface area contributed by atoms with Gasteiger partial charge in [0.25, 0.3) is 5.60 Å². The summed E-state index contributed by atoms with van der Waals surface area (Å²) >= 11 is -0.0980. The van der Waals surface area contributed by atoms with Crippen LogP contribution in [0.5, 0.6) is 0 Å². The summed E-state index contributed by atoms with van der Waals surface area (Å²) in [6.07, 6.45) is -11.3. The summed E-state index contributed by atoms with van der Waals surface area (Å²) in [4.78, 5) is 15.4. The fourth-order valence-electron chi connectivity index (χ4n) is 2.42. The van der Waals surface area contributed by atoms with Crippen molar-refractivity contribution >= 4 is 22.5 Å². The molecule has 1 aromatic heterocycles. The second-order valence-electron chi connectivity index (χ2n) is 6.34. The normalized spacial score (nSPS) is 12.4. The van der Waals surface area contributed by atoms with Crippen LogP contribution in [-0.2, 0) is 12.1 Å². The molecular weight excluding hydrogens is 450 g/mol. The molecule has 2 aromatic rings. The Morgan fingerprint density at radius 2 is 1.77 bits per heavy atom. The molecule has 31 heavy (non-hydrogen) atoms. The number of amides is 2. The van der Waals surface area contributed by atoms with Crippen LogP contribution in [0, 0.1) is 11.3 Å². The molecule has 1 heterocycles. The fraction of sp³-hybridized carbons (Fsp3) is 0.389. The average molecular weight is 466 g/mol. The third-order valence-electron chi connectivity index (χ3n) is 4.10. The molecule has 13 heteroatoms. The van der Waals surface area contributed by atoms with Crippen molar-refractivity contribution in [2.24, 2.45) is 0 Å². The summed E-state index contributed by atoms with van der Waals surface area (Å²) in [6, 6.07) is 6.94. The summed E-state index contributed by atoms with van der Waals surface area (Å²) in [7, 11) is 0. The van der Waals surface area contributed by atoms with Gasteiger partial charge in [-0.1, -0.05) is 30.4 Å². The van der Waals surface area contributed by atoms with Crippen molar-refractivity contribution in [3.8, 4) is 6.07 Å². The highest BCUT2D eigenvalue weighted by molar-refractivity contribution is 7.15. The van der Waals surface area contributed by atoms with Gasteiger partial charge in [0.2, 0.25) is 0 Å². The highest BCUT2D eigenvalue weighted by atomic mass is 32.1. The Bertz CT molecular complexity index is 936. The lowest BCUT2D eigenvalue weighted by Crippen LogP contribution is -2.53. The van der Waals surface area contributed by atoms with Crippen LogP contribution in [0.4, 0.5) is 36.3 Å². The van der Waals surface area contributed by atoms with Crippen LogP contribution in [0.25, 0.3) is 0 Å². The number of carbonyl (C=O) groups excluding carboxylic acids is 1. The van der Waals surface area contributed by atoms with Gasteiger partial charge >= 0.3 is 18.4 Å². The highest BCUT2D eigenvalue weighted by Crippen LogP contribution is 2.52. The van der Waals surface area contributed by atoms with E-state index in [1.54, 1.807) is 6.92 Å². The lowest BCUT2D eigenvalue weighted by molar-refractivity contribution is -0.375. The molecule has 2 N–H and O–H groups in total. The number of benzene rings is 1. The Kier molecular flexibility index (Phi) is 7.17. The van der Waals surface area contributed by atoms with Crippen molar-refractivity contribution in [2.75, 3.05) is 11.4 Å². The summed E-state index contributed by atoms with van der Waals surface area (Å²) in [6.45, 7) is 1.71. The van der Waals surface area contributed by atoms with E-state index in [0.29, 0.717) is 17.5 Å². The Labute approximate surface area is 176 Å². The molecule has 0 saturated heterocycles. The number of urea groups is 1. The zero-order valence-corrected chi connectivity index (χ0v) is 16.7. The van der Waals surface area contributed by atoms with Gasteiger partial charge in [0.1, 0.15) is 0 Å². The number of halogens is 6. The number of alkyl halides is 6. The molecule has 0 bridgehead atoms. The van der Waals surface area contributed by atoms with Crippen LogP contribution >= 0.6 is 11.3 Å². The monoisotopic (exact) mass is 466 g/mol. The number of carbonyl (C=O) groups is 1. The molecule has 0 unspecified atom stereocenters. The van der Waals surface area contributed by atoms with E-state index in [9.17, 15) is 36.2 Å². The van der Waals surface area contributed by atoms with Crippen molar-refractivity contribution in [1.82, 2.24) is 10.3 Å². The quantitative estimate of drug-likeness (QED) is 0.616. The number of hydrogen-bond acceptors (Lipinski definition) is 5. The fourth-order valence-corrected chi connectivity index (χ4v) is 3.46. The Hall–Kier alpha value is -2.85. The minimum Gasteiger partial charge on any atom is -0.369 e. The summed E-state index contributed by atoms with van der Waals surface area (Å²) in [5.41, 5.74) is -4.36. The largest absolute Gasteiger partial charge is 0.431 e. The topological polar surface area (TPSA) is 89.3 Å². The van der Waals surface area contributed by atoms with E-state index in [1.807, 2.05) is 6.07 Å². The molecule has 0 spiro atoms. The molecule has 6 nitrogen and oxygen atoms in total. The SMILES string of the molecule is CCCNC(=O)N(Cc1ccc(C#N)cc1)c1ncc(C(O)(C(F)(F)F)C(F)(F)F)s1. The second kappa shape index (κ2) is 9.11. The van der Waals surface area contributed by atoms with Gasteiger partial charge in [-0.2, -0.15) is 31.6 Å². The van der Waals surface area contributed by atoms with Gasteiger partial charge in [0.05, 0.1) is 23.1 Å². The van der Waals surface area contributed by atoms with Crippen molar-refractivity contribution in [3.05, 3.63) is 46.5 Å². The second-order valence-corrected chi connectivity index (χ2v) is 7.35. The summed E-state index contributed by atoms with van der Waals surface area (Å²) < 4.78 is 78.8. The Morgan fingerprint density at radius 1 is 1.19 bits per heavy atom. The molecule has 0 radical (unpaired) electrons. The van der Waals surface area contributed by atoms with Crippen LogP contribution < -0.4 is 10.2 Å². The number of aromatic nitrogens is 1. The molecule has 0 aliphatic carbocycles. The molecule has 168 valence electrons. The van der Waals surface area contributed by atoms with Gasteiger partial charge in [-0.3, -0.25) is 4.90 Å². The molecule has 2 rings (SSSR count). The maximum atomic E-state index is 13.1. The van der Waals surface area contributed by atoms with E-state index in [-0.39, 0.29) is 30.6 Å². The standard InChI is InChI=1S/C18H16F6N4O2S/c1-2-7-26-14(29)28(10-12-5-3-11(8-25)4-6-12)15-27-9-13(31-15)16(30,17(19,20)21)18(22,23)24/h3-6,9,30H,2,7,10H2,1H3,(H,26,29). The number of nitriles is 1. The number of nitrogens with one attached hydrogen (secondary N) is 1. The Balaban J connectivity index is 2.46. The lowest BCUT2D eigenvalue weighted by Gasteiger charge is -2.30. The van der Waals surface area contributed by atoms with Gasteiger partial charge < -0.3 is 10.4 Å². The number of aliphatic hydroxyl groups is 1. The van der Waals surface area contributed by atoms with Crippen LogP contribution in [0.1, 0.15) is 29.3 Å². The van der Waals surface area contributed by atoms with Gasteiger partial charge in [-0.15, -0.1) is 0 Å². The van der Waals surface area contributed by atoms with E-state index in [0.717, 1.165) is 4.90 Å². The number of rotatable bonds is 6. The van der Waals surface area contributed by atoms with Crippen molar-refractivity contribution in [1.29, 1.82) is 5.26 Å². The molecule has 1 aromatic carbocycles. The molecule has 0 aliphatic heterocycles. The first-order valence-electron chi connectivity index (χ1n) is 8.71. The minimum absolute atomic E-state index is 0.0980. The molecule has 0 atom stereocenters. The van der Waals surface area contributed by atoms with E-state index in [1.165, 1.54) is 24.3 Å². The van der Waals surface area contributed by atoms with Gasteiger partial charge in [-0.25, -0.2) is 9.78 Å². The molecule has 0 saturated carbocycles. The predicted octanol–water partition coefficient (Wildman–Crippen LogP) is 4.45. The minimum atomic E-state index is -6.06. The highest BCUT2D eigenvalue weighted by Gasteiger charge is 2.72. The average Bonchev–Trinajstić information content (AvgIpc) is 3.18. The van der Waals surface area contributed by atoms with Crippen LogP contribution in [0.15, 0.2) is 30.5 Å². The predicted molar refractivity (Wildman–Crippen MR) is 99.2 cm³/mol. The van der Waals surface area contributed by atoms with E-state index in [2.05, 4.69) is 10.3 Å². The third kappa shape index (κ3) is 5.08. The molecule has 2 amide bonds. The zero-order valence-electron chi connectivity index (χ0n) is 15.9. The molecule has 0 aliphatic rings. The van der Waals surface area contributed by atoms with E-state index in [4.69, 9.17) is 5.26 Å². The van der Waals surface area contributed by atoms with Crippen molar-refractivity contribution in [3.63, 3.8) is 0 Å². The number of hydrogen-bond donors (Lipinski definition) is 2. The Morgan fingerprint density at radius 3 is 2.26 bits per heavy atom. The number of thiazole rings is 1. The first kappa shape index (κ1) is 24.4. The third-order valence-corrected chi connectivity index (χ3v) is 5.23. The van der Waals surface area contributed by atoms with Crippen molar-refractivity contribution in [2.45, 2.75) is 37.8 Å². The van der Waals surface area contributed by atoms with Gasteiger partial charge in [0, 0.05) is 12.7 Å². The maximum absolute atomic E-state index is 13.1. The van der Waals surface area contributed by atoms with Gasteiger partial charge in [0.15, 0.2) is 5.13 Å². The van der Waals surface area contributed by atoms with Gasteiger partial charge in [-0.05, 0) is 24.1 Å². The van der Waals surface area contributed by atoms with Crippen LogP contribution in [-0.4, -0.2) is 35.0 Å². The number of anilines is 1. The zero-order chi connectivity index (χ0) is 23.4. The first-order valence-corrected chi connectivity index (χ1v) is 9.53. The van der Waals surface area contributed by atoms with Crippen molar-refractivity contribution < 1.29 is 36.2 Å². The van der Waals surface area contributed by atoms with E-state index < -0.39 is 34.0 Å². The lowest BCUT2D eigenvalue weighted by atomic mass is 10.0.